The first-order valence-electron chi connectivity index (χ1n) is 7.49. The maximum atomic E-state index is 11.1. The van der Waals surface area contributed by atoms with Gasteiger partial charge >= 0.3 is 0 Å². The highest BCUT2D eigenvalue weighted by molar-refractivity contribution is 5.11. The molecule has 2 bridgehead atoms. The number of aryl methyl sites for hydroxylation is 1. The summed E-state index contributed by atoms with van der Waals surface area (Å²) in [5.41, 5.74) is -0.737. The van der Waals surface area contributed by atoms with E-state index in [9.17, 15) is 5.11 Å². The van der Waals surface area contributed by atoms with Crippen LogP contribution in [0.5, 0.6) is 0 Å². The normalized spacial score (nSPS) is 35.8. The van der Waals surface area contributed by atoms with Crippen molar-refractivity contribution in [3.63, 3.8) is 0 Å². The molecule has 2 atom stereocenters. The van der Waals surface area contributed by atoms with Crippen LogP contribution in [0.3, 0.4) is 0 Å². The largest absolute Gasteiger partial charge is 0.382 e. The van der Waals surface area contributed by atoms with Crippen LogP contribution in [-0.4, -0.2) is 37.7 Å². The number of aromatic nitrogens is 2. The third-order valence-corrected chi connectivity index (χ3v) is 4.90. The zero-order valence-corrected chi connectivity index (χ0v) is 12.2. The molecular weight excluding hydrogens is 238 g/mol. The SMILES string of the molecule is CC(C)N1C2CCCC1CC(O)(c1nccn1C)C2. The molecule has 0 spiro atoms. The Balaban J connectivity index is 1.91. The van der Waals surface area contributed by atoms with E-state index in [0.717, 1.165) is 18.7 Å². The Morgan fingerprint density at radius 1 is 1.32 bits per heavy atom. The van der Waals surface area contributed by atoms with Gasteiger partial charge in [0.05, 0.1) is 0 Å². The number of piperidine rings is 2. The molecule has 2 fully saturated rings. The maximum absolute atomic E-state index is 11.1. The van der Waals surface area contributed by atoms with Gasteiger partial charge in [-0.3, -0.25) is 4.90 Å². The minimum Gasteiger partial charge on any atom is -0.382 e. The van der Waals surface area contributed by atoms with Gasteiger partial charge in [-0.15, -0.1) is 0 Å². The highest BCUT2D eigenvalue weighted by Gasteiger charge is 2.48. The van der Waals surface area contributed by atoms with Crippen molar-refractivity contribution >= 4 is 0 Å². The van der Waals surface area contributed by atoms with Crippen LogP contribution in [-0.2, 0) is 12.6 Å². The highest BCUT2D eigenvalue weighted by atomic mass is 16.3. The lowest BCUT2D eigenvalue weighted by molar-refractivity contribution is -0.112. The molecule has 2 aliphatic rings. The summed E-state index contributed by atoms with van der Waals surface area (Å²) in [7, 11) is 1.98. The first kappa shape index (κ1) is 13.1. The van der Waals surface area contributed by atoms with Crippen LogP contribution in [0.1, 0.15) is 51.8 Å². The van der Waals surface area contributed by atoms with Crippen LogP contribution >= 0.6 is 0 Å². The molecule has 2 saturated heterocycles. The average Bonchev–Trinajstić information content (AvgIpc) is 2.74. The molecule has 4 heteroatoms. The molecule has 0 radical (unpaired) electrons. The number of hydrogen-bond donors (Lipinski definition) is 1. The van der Waals surface area contributed by atoms with E-state index in [1.54, 1.807) is 6.20 Å². The van der Waals surface area contributed by atoms with Crippen LogP contribution in [0, 0.1) is 0 Å². The molecule has 0 aromatic carbocycles. The van der Waals surface area contributed by atoms with Crippen molar-refractivity contribution in [2.24, 2.45) is 7.05 Å². The summed E-state index contributed by atoms with van der Waals surface area (Å²) in [6.45, 7) is 4.55. The van der Waals surface area contributed by atoms with Crippen molar-refractivity contribution in [1.29, 1.82) is 0 Å². The van der Waals surface area contributed by atoms with E-state index in [1.165, 1.54) is 19.3 Å². The summed E-state index contributed by atoms with van der Waals surface area (Å²) in [4.78, 5) is 7.03. The van der Waals surface area contributed by atoms with E-state index < -0.39 is 5.60 Å². The van der Waals surface area contributed by atoms with E-state index in [0.29, 0.717) is 18.1 Å². The van der Waals surface area contributed by atoms with Gasteiger partial charge in [0.2, 0.25) is 0 Å². The Morgan fingerprint density at radius 2 is 1.95 bits per heavy atom. The zero-order valence-electron chi connectivity index (χ0n) is 12.2. The molecule has 2 aliphatic heterocycles. The van der Waals surface area contributed by atoms with Gasteiger partial charge in [0.1, 0.15) is 11.4 Å². The molecule has 3 rings (SSSR count). The van der Waals surface area contributed by atoms with Crippen LogP contribution in [0.2, 0.25) is 0 Å². The molecule has 106 valence electrons. The fourth-order valence-electron chi connectivity index (χ4n) is 4.30. The van der Waals surface area contributed by atoms with Crippen molar-refractivity contribution in [1.82, 2.24) is 14.5 Å². The van der Waals surface area contributed by atoms with Gasteiger partial charge in [0.15, 0.2) is 0 Å². The first-order valence-corrected chi connectivity index (χ1v) is 7.49. The van der Waals surface area contributed by atoms with Gasteiger partial charge < -0.3 is 9.67 Å². The number of hydrogen-bond acceptors (Lipinski definition) is 3. The molecule has 0 saturated carbocycles. The Labute approximate surface area is 115 Å². The van der Waals surface area contributed by atoms with Crippen LogP contribution in [0.25, 0.3) is 0 Å². The molecule has 1 aromatic heterocycles. The Hall–Kier alpha value is -0.870. The molecule has 2 unspecified atom stereocenters. The minimum atomic E-state index is -0.737. The van der Waals surface area contributed by atoms with Crippen molar-refractivity contribution in [2.45, 2.75) is 69.7 Å². The Kier molecular flexibility index (Phi) is 3.18. The third kappa shape index (κ3) is 2.11. The smallest absolute Gasteiger partial charge is 0.140 e. The zero-order chi connectivity index (χ0) is 13.6. The number of aliphatic hydroxyl groups is 1. The summed E-state index contributed by atoms with van der Waals surface area (Å²) in [5, 5.41) is 11.1. The van der Waals surface area contributed by atoms with E-state index >= 15 is 0 Å². The monoisotopic (exact) mass is 263 g/mol. The Morgan fingerprint density at radius 3 is 2.42 bits per heavy atom. The van der Waals surface area contributed by atoms with Gasteiger partial charge in [-0.05, 0) is 39.5 Å². The van der Waals surface area contributed by atoms with E-state index in [-0.39, 0.29) is 0 Å². The summed E-state index contributed by atoms with van der Waals surface area (Å²) in [6, 6.07) is 1.59. The van der Waals surface area contributed by atoms with E-state index in [4.69, 9.17) is 0 Å². The second kappa shape index (κ2) is 4.60. The van der Waals surface area contributed by atoms with Crippen molar-refractivity contribution in [2.75, 3.05) is 0 Å². The van der Waals surface area contributed by atoms with Gasteiger partial charge in [-0.1, -0.05) is 6.42 Å². The van der Waals surface area contributed by atoms with Crippen molar-refractivity contribution in [3.8, 4) is 0 Å². The fourth-order valence-corrected chi connectivity index (χ4v) is 4.30. The fraction of sp³-hybridized carbons (Fsp3) is 0.800. The number of rotatable bonds is 2. The van der Waals surface area contributed by atoms with Gasteiger partial charge in [0, 0.05) is 37.6 Å². The van der Waals surface area contributed by atoms with Crippen molar-refractivity contribution in [3.05, 3.63) is 18.2 Å². The minimum absolute atomic E-state index is 0.509. The van der Waals surface area contributed by atoms with Crippen LogP contribution in [0.4, 0.5) is 0 Å². The lowest BCUT2D eigenvalue weighted by atomic mass is 9.74. The average molecular weight is 263 g/mol. The second-order valence-corrected chi connectivity index (χ2v) is 6.58. The topological polar surface area (TPSA) is 41.3 Å². The van der Waals surface area contributed by atoms with Crippen LogP contribution < -0.4 is 0 Å². The highest BCUT2D eigenvalue weighted by Crippen LogP contribution is 2.44. The molecule has 1 N–H and O–H groups in total. The van der Waals surface area contributed by atoms with Crippen molar-refractivity contribution < 1.29 is 5.11 Å². The number of imidazole rings is 1. The summed E-state index contributed by atoms with van der Waals surface area (Å²) in [6.07, 6.45) is 9.09. The second-order valence-electron chi connectivity index (χ2n) is 6.58. The van der Waals surface area contributed by atoms with E-state index in [1.807, 2.05) is 17.8 Å². The molecule has 19 heavy (non-hydrogen) atoms. The van der Waals surface area contributed by atoms with Crippen LogP contribution in [0.15, 0.2) is 12.4 Å². The summed E-state index contributed by atoms with van der Waals surface area (Å²) < 4.78 is 1.97. The summed E-state index contributed by atoms with van der Waals surface area (Å²) in [5.74, 6) is 0.841. The number of fused-ring (bicyclic) bond motifs is 2. The third-order valence-electron chi connectivity index (χ3n) is 4.90. The molecule has 3 heterocycles. The lowest BCUT2D eigenvalue weighted by Crippen LogP contribution is -2.59. The predicted molar refractivity (Wildman–Crippen MR) is 74.7 cm³/mol. The van der Waals surface area contributed by atoms with Gasteiger partial charge in [-0.25, -0.2) is 4.98 Å². The standard InChI is InChI=1S/C15H25N3O/c1-11(2)18-12-5-4-6-13(18)10-15(19,9-12)14-16-7-8-17(14)3/h7-8,11-13,19H,4-6,9-10H2,1-3H3. The van der Waals surface area contributed by atoms with E-state index in [2.05, 4.69) is 23.7 Å². The Bertz CT molecular complexity index is 440. The molecule has 0 aliphatic carbocycles. The molecular formula is C15H25N3O. The quantitative estimate of drug-likeness (QED) is 0.887. The first-order chi connectivity index (χ1) is 9.01. The molecule has 4 nitrogen and oxygen atoms in total. The number of nitrogens with zero attached hydrogens (tertiary/aromatic N) is 3. The van der Waals surface area contributed by atoms with Gasteiger partial charge in [-0.2, -0.15) is 0 Å². The summed E-state index contributed by atoms with van der Waals surface area (Å²) >= 11 is 0. The predicted octanol–water partition coefficient (Wildman–Crippen LogP) is 2.03. The van der Waals surface area contributed by atoms with Gasteiger partial charge in [0.25, 0.3) is 0 Å². The molecule has 1 aromatic rings. The molecule has 0 amide bonds. The maximum Gasteiger partial charge on any atom is 0.140 e. The lowest BCUT2D eigenvalue weighted by Gasteiger charge is -2.53.